The molecule has 10 heteroatoms. The molecular weight excluding hydrogens is 408 g/mol. The van der Waals surface area contributed by atoms with Gasteiger partial charge in [0.25, 0.3) is 5.91 Å². The van der Waals surface area contributed by atoms with Gasteiger partial charge < -0.3 is 29.7 Å². The van der Waals surface area contributed by atoms with Crippen molar-refractivity contribution in [2.75, 3.05) is 46.3 Å². The number of hydrogen-bond donors (Lipinski definition) is 2. The maximum Gasteiger partial charge on any atom is 0.263 e. The van der Waals surface area contributed by atoms with Gasteiger partial charge in [0.15, 0.2) is 16.6 Å². The molecule has 1 aromatic heterocycles. The number of aromatic nitrogens is 1. The molecule has 2 aromatic rings. The topological polar surface area (TPSA) is 102 Å². The number of nitrogens with zero attached hydrogens (tertiary/aromatic N) is 2. The first kappa shape index (κ1) is 21.7. The van der Waals surface area contributed by atoms with Crippen LogP contribution in [0.5, 0.6) is 17.2 Å². The van der Waals surface area contributed by atoms with E-state index >= 15 is 0 Å². The Hall–Kier alpha value is -3.01. The third-order valence-electron chi connectivity index (χ3n) is 4.71. The molecule has 0 spiro atoms. The maximum atomic E-state index is 12.3. The molecule has 162 valence electrons. The fourth-order valence-corrected chi connectivity index (χ4v) is 3.97. The summed E-state index contributed by atoms with van der Waals surface area (Å²) < 4.78 is 16.0. The van der Waals surface area contributed by atoms with Crippen LogP contribution in [0.25, 0.3) is 0 Å². The van der Waals surface area contributed by atoms with Crippen molar-refractivity contribution in [2.24, 2.45) is 0 Å². The first-order valence-electron chi connectivity index (χ1n) is 9.64. The van der Waals surface area contributed by atoms with Gasteiger partial charge in [-0.2, -0.15) is 0 Å². The summed E-state index contributed by atoms with van der Waals surface area (Å²) in [6.45, 7) is 2.00. The number of nitrogens with one attached hydrogen (secondary N) is 2. The Labute approximate surface area is 179 Å². The van der Waals surface area contributed by atoms with E-state index in [1.807, 2.05) is 4.90 Å². The number of ether oxygens (including phenoxy) is 3. The van der Waals surface area contributed by atoms with Crippen molar-refractivity contribution in [3.05, 3.63) is 23.2 Å². The quantitative estimate of drug-likeness (QED) is 0.554. The fraction of sp³-hybridized carbons (Fsp3) is 0.450. The van der Waals surface area contributed by atoms with Crippen molar-refractivity contribution < 1.29 is 23.8 Å². The third-order valence-corrected chi connectivity index (χ3v) is 5.62. The number of likely N-dealkylation sites (tertiary alicyclic amines) is 1. The zero-order valence-electron chi connectivity index (χ0n) is 17.3. The predicted octanol–water partition coefficient (Wildman–Crippen LogP) is 2.65. The van der Waals surface area contributed by atoms with Gasteiger partial charge in [-0.25, -0.2) is 4.98 Å². The Morgan fingerprint density at radius 2 is 1.93 bits per heavy atom. The van der Waals surface area contributed by atoms with Gasteiger partial charge in [-0.05, 0) is 12.8 Å². The smallest absolute Gasteiger partial charge is 0.263 e. The van der Waals surface area contributed by atoms with Gasteiger partial charge in [0.1, 0.15) is 4.88 Å². The van der Waals surface area contributed by atoms with E-state index in [0.29, 0.717) is 52.5 Å². The Kier molecular flexibility index (Phi) is 7.34. The Morgan fingerprint density at radius 3 is 2.53 bits per heavy atom. The molecule has 0 aliphatic carbocycles. The molecule has 1 fully saturated rings. The highest BCUT2D eigenvalue weighted by Gasteiger charge is 2.19. The Bertz CT molecular complexity index is 876. The van der Waals surface area contributed by atoms with Crippen LogP contribution in [0.3, 0.4) is 0 Å². The molecule has 1 saturated heterocycles. The van der Waals surface area contributed by atoms with Crippen LogP contribution in [0.1, 0.15) is 28.9 Å². The van der Waals surface area contributed by atoms with Crippen LogP contribution in [-0.2, 0) is 4.79 Å². The van der Waals surface area contributed by atoms with E-state index in [1.165, 1.54) is 17.5 Å². The van der Waals surface area contributed by atoms with Crippen molar-refractivity contribution in [1.82, 2.24) is 15.2 Å². The molecule has 0 bridgehead atoms. The van der Waals surface area contributed by atoms with Crippen LogP contribution in [0.15, 0.2) is 18.3 Å². The molecule has 0 saturated carbocycles. The molecule has 2 heterocycles. The van der Waals surface area contributed by atoms with Gasteiger partial charge in [0, 0.05) is 43.9 Å². The molecule has 9 nitrogen and oxygen atoms in total. The van der Waals surface area contributed by atoms with Crippen LogP contribution < -0.4 is 24.8 Å². The van der Waals surface area contributed by atoms with Gasteiger partial charge in [-0.1, -0.05) is 11.3 Å². The van der Waals surface area contributed by atoms with Crippen molar-refractivity contribution in [3.8, 4) is 17.2 Å². The van der Waals surface area contributed by atoms with Gasteiger partial charge in [-0.15, -0.1) is 0 Å². The van der Waals surface area contributed by atoms with Crippen LogP contribution in [0, 0.1) is 0 Å². The lowest BCUT2D eigenvalue weighted by Gasteiger charge is -2.15. The standard InChI is InChI=1S/C20H26N4O5S/c1-27-14-10-13(11-15(28-2)18(14)29-3)23-20-22-12-16(30-20)19(26)21-7-5-9-24-8-4-6-17(24)25/h10-12H,4-9H2,1-3H3,(H,21,26)(H,22,23). The van der Waals surface area contributed by atoms with E-state index in [1.54, 1.807) is 33.5 Å². The van der Waals surface area contributed by atoms with E-state index in [2.05, 4.69) is 15.6 Å². The molecule has 30 heavy (non-hydrogen) atoms. The second-order valence-electron chi connectivity index (χ2n) is 6.66. The summed E-state index contributed by atoms with van der Waals surface area (Å²) in [5, 5.41) is 6.60. The lowest BCUT2D eigenvalue weighted by molar-refractivity contribution is -0.127. The predicted molar refractivity (Wildman–Crippen MR) is 114 cm³/mol. The third kappa shape index (κ3) is 5.12. The van der Waals surface area contributed by atoms with E-state index in [4.69, 9.17) is 14.2 Å². The van der Waals surface area contributed by atoms with Crippen LogP contribution in [0.2, 0.25) is 0 Å². The molecule has 2 N–H and O–H groups in total. The number of rotatable bonds is 10. The number of carbonyl (C=O) groups is 2. The molecule has 0 unspecified atom stereocenters. The minimum Gasteiger partial charge on any atom is -0.493 e. The summed E-state index contributed by atoms with van der Waals surface area (Å²) in [6.07, 6.45) is 3.82. The van der Waals surface area contributed by atoms with E-state index < -0.39 is 0 Å². The maximum absolute atomic E-state index is 12.3. The SMILES string of the molecule is COc1cc(Nc2ncc(C(=O)NCCCN3CCCC3=O)s2)cc(OC)c1OC. The zero-order chi connectivity index (χ0) is 21.5. The van der Waals surface area contributed by atoms with Gasteiger partial charge in [0.2, 0.25) is 11.7 Å². The van der Waals surface area contributed by atoms with Crippen molar-refractivity contribution in [3.63, 3.8) is 0 Å². The normalized spacial score (nSPS) is 13.3. The highest BCUT2D eigenvalue weighted by Crippen LogP contribution is 2.40. The minimum absolute atomic E-state index is 0.182. The number of benzene rings is 1. The summed E-state index contributed by atoms with van der Waals surface area (Å²) in [7, 11) is 4.64. The largest absolute Gasteiger partial charge is 0.493 e. The number of hydrogen-bond acceptors (Lipinski definition) is 8. The first-order valence-corrected chi connectivity index (χ1v) is 10.5. The van der Waals surface area contributed by atoms with E-state index in [0.717, 1.165) is 19.4 Å². The van der Waals surface area contributed by atoms with Crippen LogP contribution in [-0.4, -0.2) is 62.7 Å². The average Bonchev–Trinajstić information content (AvgIpc) is 3.39. The van der Waals surface area contributed by atoms with Crippen molar-refractivity contribution in [2.45, 2.75) is 19.3 Å². The molecule has 3 rings (SSSR count). The molecule has 1 aliphatic heterocycles. The summed E-state index contributed by atoms with van der Waals surface area (Å²) in [4.78, 5) is 30.6. The van der Waals surface area contributed by atoms with Gasteiger partial charge >= 0.3 is 0 Å². The molecular formula is C20H26N4O5S. The van der Waals surface area contributed by atoms with Crippen molar-refractivity contribution >= 4 is 34.0 Å². The second kappa shape index (κ2) is 10.1. The zero-order valence-corrected chi connectivity index (χ0v) is 18.1. The second-order valence-corrected chi connectivity index (χ2v) is 7.69. The highest BCUT2D eigenvalue weighted by molar-refractivity contribution is 7.17. The number of amides is 2. The lowest BCUT2D eigenvalue weighted by Crippen LogP contribution is -2.30. The van der Waals surface area contributed by atoms with Gasteiger partial charge in [0.05, 0.1) is 27.5 Å². The van der Waals surface area contributed by atoms with E-state index in [9.17, 15) is 9.59 Å². The Morgan fingerprint density at radius 1 is 1.20 bits per heavy atom. The van der Waals surface area contributed by atoms with Gasteiger partial charge in [-0.3, -0.25) is 9.59 Å². The minimum atomic E-state index is -0.182. The van der Waals surface area contributed by atoms with Crippen molar-refractivity contribution in [1.29, 1.82) is 0 Å². The number of thiazole rings is 1. The summed E-state index contributed by atoms with van der Waals surface area (Å²) in [5.74, 6) is 1.56. The summed E-state index contributed by atoms with van der Waals surface area (Å²) >= 11 is 1.24. The molecule has 1 aromatic carbocycles. The highest BCUT2D eigenvalue weighted by atomic mass is 32.1. The lowest BCUT2D eigenvalue weighted by atomic mass is 10.2. The van der Waals surface area contributed by atoms with Crippen LogP contribution in [0.4, 0.5) is 10.8 Å². The molecule has 1 aliphatic rings. The summed E-state index contributed by atoms with van der Waals surface area (Å²) in [6, 6.07) is 3.53. The number of methoxy groups -OCH3 is 3. The fourth-order valence-electron chi connectivity index (χ4n) is 3.21. The monoisotopic (exact) mass is 434 g/mol. The molecule has 0 radical (unpaired) electrons. The number of anilines is 2. The van der Waals surface area contributed by atoms with Crippen LogP contribution >= 0.6 is 11.3 Å². The molecule has 0 atom stereocenters. The average molecular weight is 435 g/mol. The Balaban J connectivity index is 1.55. The first-order chi connectivity index (χ1) is 14.5. The molecule has 2 amide bonds. The summed E-state index contributed by atoms with van der Waals surface area (Å²) in [5.41, 5.74) is 0.695. The van der Waals surface area contributed by atoms with E-state index in [-0.39, 0.29) is 11.8 Å². The number of carbonyl (C=O) groups excluding carboxylic acids is 2.